The third kappa shape index (κ3) is 24.6. The Hall–Kier alpha value is -8.90. The molecule has 0 radical (unpaired) electrons. The highest BCUT2D eigenvalue weighted by molar-refractivity contribution is 7.43. The molecule has 106 heavy (non-hydrogen) atoms. The Balaban J connectivity index is 0.000000196. The van der Waals surface area contributed by atoms with E-state index in [1.165, 1.54) is 188 Å². The van der Waals surface area contributed by atoms with Gasteiger partial charge in [0.15, 0.2) is 0 Å². The number of hydrogen-bond donors (Lipinski definition) is 8. The molecule has 26 heteroatoms. The van der Waals surface area contributed by atoms with Gasteiger partial charge in [0.2, 0.25) is 0 Å². The summed E-state index contributed by atoms with van der Waals surface area (Å²) < 4.78 is 20.4. The van der Waals surface area contributed by atoms with Gasteiger partial charge in [0.1, 0.15) is 0 Å². The molecule has 0 bridgehead atoms. The first-order chi connectivity index (χ1) is 50.9. The minimum atomic E-state index is -4.89. The summed E-state index contributed by atoms with van der Waals surface area (Å²) in [7, 11) is -9.78. The Morgan fingerprint density at radius 3 is 0.736 bits per heavy atom. The summed E-state index contributed by atoms with van der Waals surface area (Å²) in [4.78, 5) is 100. The molecule has 0 saturated heterocycles. The van der Waals surface area contributed by atoms with Crippen molar-refractivity contribution < 1.29 is 57.3 Å². The molecule has 568 valence electrons. The topological polar surface area (TPSA) is 362 Å². The maximum atomic E-state index is 11.3. The number of para-hydroxylation sites is 4. The van der Waals surface area contributed by atoms with Crippen molar-refractivity contribution in [2.75, 3.05) is 52.4 Å². The molecule has 0 atom stereocenters. The summed E-state index contributed by atoms with van der Waals surface area (Å²) in [6.45, 7) is 30.0. The van der Waals surface area contributed by atoms with E-state index in [4.69, 9.17) is 58.4 Å². The molecule has 0 amide bonds. The Morgan fingerprint density at radius 1 is 0.340 bits per heavy atom. The molecule has 0 aliphatic rings. The number of hydrogen-bond acceptors (Lipinski definition) is 12. The van der Waals surface area contributed by atoms with Crippen LogP contribution >= 0.6 is 15.6 Å². The van der Waals surface area contributed by atoms with Crippen molar-refractivity contribution >= 4 is 92.7 Å². The normalized spacial score (nSPS) is 11.7. The molecule has 6 aromatic carbocycles. The highest BCUT2D eigenvalue weighted by Gasteiger charge is 2.27. The van der Waals surface area contributed by atoms with Crippen LogP contribution in [0.5, 0.6) is 0 Å². The van der Waals surface area contributed by atoms with Crippen molar-refractivity contribution in [3.63, 3.8) is 0 Å². The van der Waals surface area contributed by atoms with Gasteiger partial charge in [0, 0.05) is 115 Å². The number of phosphoric acid groups is 2. The number of nitro groups is 2. The first kappa shape index (κ1) is 84.4. The molecular weight excluding hydrogens is 1380 g/mol. The number of nitro benzene ring substituents is 2. The average molecular weight is 1490 g/mol. The maximum absolute atomic E-state index is 11.3. The standard InChI is InChI=1S/2C24H15N5O2.2C16H36N.2H3O4P/c2*30-29(31)14-9-10-21-22(11-14)28-24(18-13-26-20-8-4-2-6-16(18)20)23(27-21)17-12-25-19-7-3-1-5-15(17)19;2*1-5-9-13-17(14-10-6-2,15-11-7-3)16-12-8-4;2*1-5(2,3)4/h2*1-13,25-26H;2*5-16H2,1-4H3;2*(H3,1,2,3,4)/q;;2*+1;;/p-2. The molecule has 6 aromatic heterocycles. The van der Waals surface area contributed by atoms with Crippen molar-refractivity contribution in [1.82, 2.24) is 39.9 Å². The van der Waals surface area contributed by atoms with Gasteiger partial charge in [-0.05, 0) is 87.8 Å². The van der Waals surface area contributed by atoms with E-state index in [9.17, 15) is 20.2 Å². The van der Waals surface area contributed by atoms with Crippen LogP contribution in [0, 0.1) is 20.2 Å². The zero-order valence-corrected chi connectivity index (χ0v) is 64.3. The molecule has 0 saturated carbocycles. The van der Waals surface area contributed by atoms with Gasteiger partial charge in [-0.2, -0.15) is 0 Å². The summed E-state index contributed by atoms with van der Waals surface area (Å²) in [6, 6.07) is 41.2. The van der Waals surface area contributed by atoms with Crippen LogP contribution < -0.4 is 9.79 Å². The van der Waals surface area contributed by atoms with E-state index in [1.54, 1.807) is 12.1 Å². The van der Waals surface area contributed by atoms with Gasteiger partial charge in [0.25, 0.3) is 27.0 Å². The molecule has 6 heterocycles. The third-order valence-electron chi connectivity index (χ3n) is 19.0. The number of H-pyrrole nitrogens is 4. The SMILES string of the molecule is CCCC[N+](CCCC)(CCCC)CCCC.CCCC[N+](CCCC)(CCCC)CCCC.O=P([O-])(O)O.O=P([O-])(O)O.O=[N+]([O-])c1ccc2nc(-c3c[nH]c4ccccc34)c(-c3c[nH]c4ccccc34)nc2c1.O=[N+]([O-])c1ccc2nc(-c3c[nH]c4ccccc34)c(-c3c[nH]c4ccccc34)nc2c1. The van der Waals surface area contributed by atoms with E-state index >= 15 is 0 Å². The van der Waals surface area contributed by atoms with Crippen LogP contribution in [0.3, 0.4) is 0 Å². The van der Waals surface area contributed by atoms with Gasteiger partial charge in [-0.1, -0.05) is 180 Å². The van der Waals surface area contributed by atoms with E-state index in [0.717, 1.165) is 77.3 Å². The van der Waals surface area contributed by atoms with Crippen LogP contribution in [0.25, 0.3) is 111 Å². The molecule has 0 fully saturated rings. The first-order valence-electron chi connectivity index (χ1n) is 37.3. The highest BCUT2D eigenvalue weighted by atomic mass is 31.2. The molecule has 0 unspecified atom stereocenters. The van der Waals surface area contributed by atoms with Crippen LogP contribution in [-0.2, 0) is 9.13 Å². The zero-order chi connectivity index (χ0) is 76.9. The van der Waals surface area contributed by atoms with E-state index < -0.39 is 25.5 Å². The summed E-state index contributed by atoms with van der Waals surface area (Å²) in [5.41, 5.74) is 12.6. The van der Waals surface area contributed by atoms with Gasteiger partial charge in [-0.25, -0.2) is 19.9 Å². The Morgan fingerprint density at radius 2 is 0.538 bits per heavy atom. The summed E-state index contributed by atoms with van der Waals surface area (Å²) in [5.74, 6) is 0. The van der Waals surface area contributed by atoms with Crippen molar-refractivity contribution in [2.24, 2.45) is 0 Å². The average Bonchev–Trinajstić information content (AvgIpc) is 1.52. The monoisotopic (exact) mass is 1490 g/mol. The summed E-state index contributed by atoms with van der Waals surface area (Å²) >= 11 is 0. The molecule has 8 N–H and O–H groups in total. The second kappa shape index (κ2) is 41.3. The van der Waals surface area contributed by atoms with Gasteiger partial charge >= 0.3 is 0 Å². The third-order valence-corrected chi connectivity index (χ3v) is 19.0. The van der Waals surface area contributed by atoms with Crippen LogP contribution in [-0.4, -0.2) is 131 Å². The maximum Gasteiger partial charge on any atom is 0.271 e. The first-order valence-corrected chi connectivity index (χ1v) is 40.3. The summed E-state index contributed by atoms with van der Waals surface area (Å²) in [5, 5.41) is 26.7. The van der Waals surface area contributed by atoms with Gasteiger partial charge in [-0.3, -0.25) is 29.4 Å². The predicted octanol–water partition coefficient (Wildman–Crippen LogP) is 18.6. The molecule has 12 aromatic rings. The van der Waals surface area contributed by atoms with Crippen molar-refractivity contribution in [2.45, 2.75) is 158 Å². The van der Waals surface area contributed by atoms with Crippen LogP contribution in [0.2, 0.25) is 0 Å². The number of nitrogens with one attached hydrogen (secondary N) is 4. The van der Waals surface area contributed by atoms with Crippen LogP contribution in [0.15, 0.2) is 158 Å². The molecule has 12 rings (SSSR count). The van der Waals surface area contributed by atoms with Crippen molar-refractivity contribution in [1.29, 1.82) is 0 Å². The number of aromatic amines is 4. The fraction of sp³-hybridized carbons (Fsp3) is 0.400. The number of benzene rings is 6. The minimum Gasteiger partial charge on any atom is -0.756 e. The fourth-order valence-corrected chi connectivity index (χ4v) is 13.4. The largest absolute Gasteiger partial charge is 0.756 e. The molecule has 0 spiro atoms. The van der Waals surface area contributed by atoms with Gasteiger partial charge in [0.05, 0.1) is 107 Å². The molecule has 0 aliphatic heterocycles. The van der Waals surface area contributed by atoms with E-state index in [2.05, 4.69) is 75.3 Å². The number of quaternary nitrogens is 2. The predicted molar refractivity (Wildman–Crippen MR) is 424 cm³/mol. The molecule has 24 nitrogen and oxygen atoms in total. The molecular formula is C80H106N12O12P2. The van der Waals surface area contributed by atoms with Crippen LogP contribution in [0.4, 0.5) is 11.4 Å². The lowest BCUT2D eigenvalue weighted by Crippen LogP contribution is -2.50. The van der Waals surface area contributed by atoms with E-state index in [1.807, 2.05) is 122 Å². The lowest BCUT2D eigenvalue weighted by molar-refractivity contribution is -0.929. The number of fused-ring (bicyclic) bond motifs is 6. The number of rotatable bonds is 30. The second-order valence-electron chi connectivity index (χ2n) is 27.0. The van der Waals surface area contributed by atoms with Crippen LogP contribution in [0.1, 0.15) is 158 Å². The van der Waals surface area contributed by atoms with E-state index in [0.29, 0.717) is 33.5 Å². The lowest BCUT2D eigenvalue weighted by atomic mass is 10.0. The Labute approximate surface area is 620 Å². The number of nitrogens with zero attached hydrogens (tertiary/aromatic N) is 8. The van der Waals surface area contributed by atoms with Gasteiger partial charge in [-0.15, -0.1) is 0 Å². The highest BCUT2D eigenvalue weighted by Crippen LogP contribution is 2.41. The summed E-state index contributed by atoms with van der Waals surface area (Å²) in [6.07, 6.45) is 29.8. The van der Waals surface area contributed by atoms with E-state index in [-0.39, 0.29) is 11.4 Å². The number of unbranched alkanes of at least 4 members (excludes halogenated alkanes) is 8. The second-order valence-corrected chi connectivity index (χ2v) is 28.9. The Kier molecular flexibility index (Phi) is 32.9. The number of aromatic nitrogens is 8. The fourth-order valence-electron chi connectivity index (χ4n) is 13.4. The lowest BCUT2D eigenvalue weighted by Gasteiger charge is -2.39. The number of non-ortho nitro benzene ring substituents is 2. The minimum absolute atomic E-state index is 0.00785. The van der Waals surface area contributed by atoms with Gasteiger partial charge < -0.3 is 58.3 Å². The zero-order valence-electron chi connectivity index (χ0n) is 62.5. The van der Waals surface area contributed by atoms with Crippen molar-refractivity contribution in [3.8, 4) is 45.0 Å². The Bertz CT molecular complexity index is 4460. The smallest absolute Gasteiger partial charge is 0.271 e. The quantitative estimate of drug-likeness (QED) is 0.00897. The molecule has 0 aliphatic carbocycles. The van der Waals surface area contributed by atoms with Crippen molar-refractivity contribution in [3.05, 3.63) is 178 Å².